The molecule has 0 aliphatic heterocycles. The predicted octanol–water partition coefficient (Wildman–Crippen LogP) is 2.57. The van der Waals surface area contributed by atoms with E-state index in [9.17, 15) is 17.6 Å². The van der Waals surface area contributed by atoms with Crippen molar-refractivity contribution in [2.45, 2.75) is 25.9 Å². The molecule has 2 aromatic rings. The fourth-order valence-electron chi connectivity index (χ4n) is 2.71. The molecule has 0 spiro atoms. The Kier molecular flexibility index (Phi) is 7.44. The van der Waals surface area contributed by atoms with Crippen molar-refractivity contribution in [3.63, 3.8) is 0 Å². The average Bonchev–Trinajstić information content (AvgIpc) is 2.67. The van der Waals surface area contributed by atoms with Gasteiger partial charge in [-0.3, -0.25) is 9.10 Å². The molecule has 0 unspecified atom stereocenters. The summed E-state index contributed by atoms with van der Waals surface area (Å²) in [5.41, 5.74) is -0.181. The van der Waals surface area contributed by atoms with E-state index in [0.717, 1.165) is 16.6 Å². The molecule has 7 nitrogen and oxygen atoms in total. The van der Waals surface area contributed by atoms with Gasteiger partial charge in [0.2, 0.25) is 15.9 Å². The lowest BCUT2D eigenvalue weighted by molar-refractivity contribution is -0.122. The summed E-state index contributed by atoms with van der Waals surface area (Å²) in [6.45, 7) is 3.30. The van der Waals surface area contributed by atoms with Crippen molar-refractivity contribution in [3.8, 4) is 11.5 Å². The lowest BCUT2D eigenvalue weighted by Gasteiger charge is -2.29. The second kappa shape index (κ2) is 9.60. The molecule has 2 rings (SSSR count). The van der Waals surface area contributed by atoms with Crippen molar-refractivity contribution in [2.75, 3.05) is 24.3 Å². The van der Waals surface area contributed by atoms with Gasteiger partial charge >= 0.3 is 0 Å². The quantitative estimate of drug-likeness (QED) is 0.669. The van der Waals surface area contributed by atoms with E-state index in [1.807, 2.05) is 0 Å². The zero-order chi connectivity index (χ0) is 21.6. The molecule has 0 heterocycles. The number of amides is 1. The minimum Gasteiger partial charge on any atom is -0.497 e. The van der Waals surface area contributed by atoms with Gasteiger partial charge in [-0.1, -0.05) is 12.1 Å². The van der Waals surface area contributed by atoms with E-state index in [2.05, 4.69) is 5.32 Å². The van der Waals surface area contributed by atoms with E-state index < -0.39 is 33.8 Å². The molecular formula is C20H25FN2O5S. The standard InChI is InChI=1S/C20H25FN2O5S/c1-14(13-28-17-11-9-16(27-3)10-12-17)22-20(24)15(2)23(29(4,25)26)19-8-6-5-7-18(19)21/h5-12,14-15H,13H2,1-4H3,(H,22,24)/t14-,15-/m1/s1. The number of hydrogen-bond acceptors (Lipinski definition) is 5. The second-order valence-corrected chi connectivity index (χ2v) is 8.44. The Labute approximate surface area is 170 Å². The molecule has 0 fully saturated rings. The van der Waals surface area contributed by atoms with Crippen LogP contribution in [0, 0.1) is 5.82 Å². The lowest BCUT2D eigenvalue weighted by Crippen LogP contribution is -2.51. The number of methoxy groups -OCH3 is 1. The van der Waals surface area contributed by atoms with E-state index in [4.69, 9.17) is 9.47 Å². The van der Waals surface area contributed by atoms with E-state index in [1.165, 1.54) is 25.1 Å². The van der Waals surface area contributed by atoms with Crippen LogP contribution < -0.4 is 19.1 Å². The van der Waals surface area contributed by atoms with Gasteiger partial charge in [0.05, 0.1) is 25.1 Å². The molecule has 0 radical (unpaired) electrons. The van der Waals surface area contributed by atoms with Crippen LogP contribution in [0.1, 0.15) is 13.8 Å². The van der Waals surface area contributed by atoms with Gasteiger partial charge in [0.15, 0.2) is 0 Å². The first-order valence-electron chi connectivity index (χ1n) is 8.94. The van der Waals surface area contributed by atoms with Crippen molar-refractivity contribution in [3.05, 3.63) is 54.3 Å². The Bertz CT molecular complexity index is 934. The number of benzene rings is 2. The largest absolute Gasteiger partial charge is 0.497 e. The Morgan fingerprint density at radius 2 is 1.69 bits per heavy atom. The Morgan fingerprint density at radius 1 is 1.10 bits per heavy atom. The highest BCUT2D eigenvalue weighted by molar-refractivity contribution is 7.92. The average molecular weight is 424 g/mol. The van der Waals surface area contributed by atoms with Crippen LogP contribution >= 0.6 is 0 Å². The minimum atomic E-state index is -3.89. The first-order valence-corrected chi connectivity index (χ1v) is 10.8. The number of ether oxygens (including phenoxy) is 2. The SMILES string of the molecule is COc1ccc(OC[C@@H](C)NC(=O)[C@@H](C)N(c2ccccc2F)S(C)(=O)=O)cc1. The molecule has 2 atom stereocenters. The van der Waals surface area contributed by atoms with E-state index >= 15 is 0 Å². The topological polar surface area (TPSA) is 84.9 Å². The number of para-hydroxylation sites is 1. The molecule has 158 valence electrons. The third-order valence-electron chi connectivity index (χ3n) is 4.13. The Hall–Kier alpha value is -2.81. The molecule has 9 heteroatoms. The summed E-state index contributed by atoms with van der Waals surface area (Å²) >= 11 is 0. The van der Waals surface area contributed by atoms with Gasteiger partial charge in [0.25, 0.3) is 0 Å². The molecule has 2 aromatic carbocycles. The summed E-state index contributed by atoms with van der Waals surface area (Å²) < 4.78 is 50.1. The van der Waals surface area contributed by atoms with Crippen LogP contribution in [0.4, 0.5) is 10.1 Å². The van der Waals surface area contributed by atoms with Crippen molar-refractivity contribution >= 4 is 21.6 Å². The van der Waals surface area contributed by atoms with Crippen molar-refractivity contribution in [2.24, 2.45) is 0 Å². The zero-order valence-corrected chi connectivity index (χ0v) is 17.6. The molecule has 29 heavy (non-hydrogen) atoms. The number of carbonyl (C=O) groups excluding carboxylic acids is 1. The highest BCUT2D eigenvalue weighted by Gasteiger charge is 2.31. The maximum absolute atomic E-state index is 14.2. The van der Waals surface area contributed by atoms with Crippen molar-refractivity contribution in [1.82, 2.24) is 5.32 Å². The normalized spacial score (nSPS) is 13.3. The van der Waals surface area contributed by atoms with E-state index in [-0.39, 0.29) is 12.3 Å². The van der Waals surface area contributed by atoms with Crippen molar-refractivity contribution in [1.29, 1.82) is 0 Å². The van der Waals surface area contributed by atoms with E-state index in [0.29, 0.717) is 11.5 Å². The first kappa shape index (κ1) is 22.5. The summed E-state index contributed by atoms with van der Waals surface area (Å²) in [6, 6.07) is 10.8. The van der Waals surface area contributed by atoms with Crippen LogP contribution in [-0.4, -0.2) is 46.4 Å². The monoisotopic (exact) mass is 424 g/mol. The summed E-state index contributed by atoms with van der Waals surface area (Å²) in [5.74, 6) is 0.00331. The fourth-order valence-corrected chi connectivity index (χ4v) is 3.89. The third kappa shape index (κ3) is 6.08. The Morgan fingerprint density at radius 3 is 2.24 bits per heavy atom. The molecule has 0 aliphatic rings. The third-order valence-corrected chi connectivity index (χ3v) is 5.35. The minimum absolute atomic E-state index is 0.170. The van der Waals surface area contributed by atoms with Gasteiger partial charge < -0.3 is 14.8 Å². The maximum atomic E-state index is 14.2. The molecule has 0 saturated heterocycles. The number of nitrogens with zero attached hydrogens (tertiary/aromatic N) is 1. The van der Waals surface area contributed by atoms with Crippen LogP contribution in [0.5, 0.6) is 11.5 Å². The number of anilines is 1. The molecule has 1 amide bonds. The maximum Gasteiger partial charge on any atom is 0.243 e. The molecule has 0 aromatic heterocycles. The van der Waals surface area contributed by atoms with E-state index in [1.54, 1.807) is 38.3 Å². The van der Waals surface area contributed by atoms with Gasteiger partial charge in [-0.2, -0.15) is 0 Å². The summed E-state index contributed by atoms with van der Waals surface area (Å²) in [4.78, 5) is 12.6. The Balaban J connectivity index is 2.04. The van der Waals surface area contributed by atoms with Crippen LogP contribution in [0.2, 0.25) is 0 Å². The molecule has 1 N–H and O–H groups in total. The smallest absolute Gasteiger partial charge is 0.243 e. The number of halogens is 1. The van der Waals surface area contributed by atoms with Crippen molar-refractivity contribution < 1.29 is 27.1 Å². The summed E-state index contributed by atoms with van der Waals surface area (Å²) in [6.07, 6.45) is 0.930. The highest BCUT2D eigenvalue weighted by Crippen LogP contribution is 2.24. The molecule has 0 aliphatic carbocycles. The summed E-state index contributed by atoms with van der Waals surface area (Å²) in [5, 5.41) is 2.70. The molecule has 0 saturated carbocycles. The van der Waals surface area contributed by atoms with Gasteiger partial charge in [0, 0.05) is 0 Å². The van der Waals surface area contributed by atoms with Gasteiger partial charge in [-0.05, 0) is 50.2 Å². The van der Waals surface area contributed by atoms with Crippen LogP contribution in [0.25, 0.3) is 0 Å². The van der Waals surface area contributed by atoms with Gasteiger partial charge in [-0.25, -0.2) is 12.8 Å². The van der Waals surface area contributed by atoms with Crippen LogP contribution in [0.15, 0.2) is 48.5 Å². The molecular weight excluding hydrogens is 399 g/mol. The highest BCUT2D eigenvalue weighted by atomic mass is 32.2. The number of sulfonamides is 1. The predicted molar refractivity (Wildman–Crippen MR) is 109 cm³/mol. The van der Waals surface area contributed by atoms with Crippen LogP contribution in [-0.2, 0) is 14.8 Å². The molecule has 0 bridgehead atoms. The lowest BCUT2D eigenvalue weighted by atomic mass is 10.2. The second-order valence-electron chi connectivity index (χ2n) is 6.58. The van der Waals surface area contributed by atoms with Gasteiger partial charge in [-0.15, -0.1) is 0 Å². The zero-order valence-electron chi connectivity index (χ0n) is 16.8. The number of hydrogen-bond donors (Lipinski definition) is 1. The number of rotatable bonds is 9. The first-order chi connectivity index (χ1) is 13.6. The fraction of sp³-hybridized carbons (Fsp3) is 0.350. The summed E-state index contributed by atoms with van der Waals surface area (Å²) in [7, 11) is -2.33. The number of nitrogens with one attached hydrogen (secondary N) is 1. The van der Waals surface area contributed by atoms with Gasteiger partial charge in [0.1, 0.15) is 30.0 Å². The van der Waals surface area contributed by atoms with Crippen LogP contribution in [0.3, 0.4) is 0 Å². The number of carbonyl (C=O) groups is 1.